The molecule has 5 nitrogen and oxygen atoms in total. The second-order valence-corrected chi connectivity index (χ2v) is 9.81. The summed E-state index contributed by atoms with van der Waals surface area (Å²) >= 11 is 0. The molecule has 35 heavy (non-hydrogen) atoms. The minimum Gasteiger partial charge on any atom is -0.459 e. The van der Waals surface area contributed by atoms with Crippen LogP contribution in [0.4, 0.5) is 0 Å². The molecule has 0 N–H and O–H groups in total. The molecule has 1 amide bonds. The second-order valence-electron chi connectivity index (χ2n) is 9.81. The van der Waals surface area contributed by atoms with Crippen LogP contribution in [0.3, 0.4) is 0 Å². The minimum atomic E-state index is -0.617. The summed E-state index contributed by atoms with van der Waals surface area (Å²) in [6.07, 6.45) is 0. The van der Waals surface area contributed by atoms with Gasteiger partial charge in [0.2, 0.25) is 5.91 Å². The zero-order chi connectivity index (χ0) is 25.3. The molecule has 5 heteroatoms. The van der Waals surface area contributed by atoms with Crippen LogP contribution in [0.15, 0.2) is 91.0 Å². The Hall–Kier alpha value is -3.44. The van der Waals surface area contributed by atoms with E-state index in [0.29, 0.717) is 13.1 Å². The fourth-order valence-corrected chi connectivity index (χ4v) is 4.00. The SMILES string of the molecule is C[C@H](c1ccccc1)N(CC(=O)OC(C)(C)C)C(=O)CN(Cc1ccccc1)Cc1ccccc1. The minimum absolute atomic E-state index is 0.101. The van der Waals surface area contributed by atoms with Crippen LogP contribution < -0.4 is 0 Å². The summed E-state index contributed by atoms with van der Waals surface area (Å²) in [5.41, 5.74) is 2.62. The van der Waals surface area contributed by atoms with Gasteiger partial charge in [0, 0.05) is 13.1 Å². The first-order chi connectivity index (χ1) is 16.7. The van der Waals surface area contributed by atoms with Crippen LogP contribution in [-0.4, -0.2) is 40.4 Å². The van der Waals surface area contributed by atoms with Crippen molar-refractivity contribution in [2.24, 2.45) is 0 Å². The average molecular weight is 473 g/mol. The second kappa shape index (κ2) is 12.3. The van der Waals surface area contributed by atoms with E-state index in [2.05, 4.69) is 29.2 Å². The van der Waals surface area contributed by atoms with Crippen molar-refractivity contribution in [1.82, 2.24) is 9.80 Å². The molecule has 0 saturated carbocycles. The van der Waals surface area contributed by atoms with E-state index in [1.165, 1.54) is 0 Å². The molecule has 0 heterocycles. The van der Waals surface area contributed by atoms with Gasteiger partial charge >= 0.3 is 5.97 Å². The summed E-state index contributed by atoms with van der Waals surface area (Å²) < 4.78 is 5.55. The highest BCUT2D eigenvalue weighted by molar-refractivity contribution is 5.84. The van der Waals surface area contributed by atoms with Crippen molar-refractivity contribution >= 4 is 11.9 Å². The molecule has 0 unspecified atom stereocenters. The van der Waals surface area contributed by atoms with Crippen LogP contribution >= 0.6 is 0 Å². The Labute approximate surface area is 209 Å². The molecule has 0 fully saturated rings. The molecule has 3 aromatic rings. The lowest BCUT2D eigenvalue weighted by Crippen LogP contribution is -2.44. The summed E-state index contributed by atoms with van der Waals surface area (Å²) in [4.78, 5) is 30.2. The van der Waals surface area contributed by atoms with Crippen LogP contribution in [-0.2, 0) is 27.4 Å². The molecular weight excluding hydrogens is 436 g/mol. The maximum Gasteiger partial charge on any atom is 0.326 e. The molecular formula is C30H36N2O3. The van der Waals surface area contributed by atoms with E-state index < -0.39 is 11.6 Å². The van der Waals surface area contributed by atoms with Crippen molar-refractivity contribution < 1.29 is 14.3 Å². The maximum atomic E-state index is 13.7. The van der Waals surface area contributed by atoms with E-state index in [9.17, 15) is 9.59 Å². The van der Waals surface area contributed by atoms with Crippen LogP contribution in [0, 0.1) is 0 Å². The van der Waals surface area contributed by atoms with Gasteiger partial charge in [0.05, 0.1) is 12.6 Å². The number of hydrogen-bond acceptors (Lipinski definition) is 4. The van der Waals surface area contributed by atoms with Gasteiger partial charge in [-0.2, -0.15) is 0 Å². The van der Waals surface area contributed by atoms with Crippen molar-refractivity contribution in [3.63, 3.8) is 0 Å². The predicted molar refractivity (Wildman–Crippen MR) is 139 cm³/mol. The van der Waals surface area contributed by atoms with Crippen LogP contribution in [0.2, 0.25) is 0 Å². The smallest absolute Gasteiger partial charge is 0.326 e. The molecule has 0 aliphatic carbocycles. The molecule has 0 bridgehead atoms. The summed E-state index contributed by atoms with van der Waals surface area (Å²) in [6, 6.07) is 29.8. The monoisotopic (exact) mass is 472 g/mol. The Morgan fingerprint density at radius 3 is 1.66 bits per heavy atom. The van der Waals surface area contributed by atoms with Crippen LogP contribution in [0.5, 0.6) is 0 Å². The Morgan fingerprint density at radius 2 is 1.20 bits per heavy atom. The fourth-order valence-electron chi connectivity index (χ4n) is 4.00. The number of carbonyl (C=O) groups is 2. The van der Waals surface area contributed by atoms with Crippen molar-refractivity contribution in [3.8, 4) is 0 Å². The van der Waals surface area contributed by atoms with Crippen molar-refractivity contribution in [2.75, 3.05) is 13.1 Å². The van der Waals surface area contributed by atoms with Gasteiger partial charge < -0.3 is 9.64 Å². The number of esters is 1. The van der Waals surface area contributed by atoms with E-state index in [0.717, 1.165) is 16.7 Å². The zero-order valence-electron chi connectivity index (χ0n) is 21.2. The Kier molecular flexibility index (Phi) is 9.21. The third-order valence-electron chi connectivity index (χ3n) is 5.65. The standard InChI is InChI=1S/C30H36N2O3/c1-24(27-18-12-7-13-19-27)32(23-29(34)35-30(2,3)4)28(33)22-31(20-25-14-8-5-9-15-25)21-26-16-10-6-11-17-26/h5-19,24H,20-23H2,1-4H3/t24-/m1/s1. The Balaban J connectivity index is 1.83. The number of benzene rings is 3. The van der Waals surface area contributed by atoms with Crippen molar-refractivity contribution in [3.05, 3.63) is 108 Å². The van der Waals surface area contributed by atoms with Crippen LogP contribution in [0.25, 0.3) is 0 Å². The van der Waals surface area contributed by atoms with Crippen LogP contribution in [0.1, 0.15) is 50.4 Å². The topological polar surface area (TPSA) is 49.9 Å². The predicted octanol–water partition coefficient (Wildman–Crippen LogP) is 5.62. The Bertz CT molecular complexity index is 1020. The highest BCUT2D eigenvalue weighted by Gasteiger charge is 2.28. The zero-order valence-corrected chi connectivity index (χ0v) is 21.2. The highest BCUT2D eigenvalue weighted by atomic mass is 16.6. The third-order valence-corrected chi connectivity index (χ3v) is 5.65. The number of ether oxygens (including phenoxy) is 1. The quantitative estimate of drug-likeness (QED) is 0.359. The molecule has 184 valence electrons. The number of amides is 1. The Morgan fingerprint density at radius 1 is 0.743 bits per heavy atom. The van der Waals surface area contributed by atoms with E-state index >= 15 is 0 Å². The normalized spacial score (nSPS) is 12.3. The van der Waals surface area contributed by atoms with E-state index in [1.807, 2.05) is 94.4 Å². The number of rotatable bonds is 10. The van der Waals surface area contributed by atoms with E-state index in [1.54, 1.807) is 4.90 Å². The summed E-state index contributed by atoms with van der Waals surface area (Å²) in [5, 5.41) is 0. The van der Waals surface area contributed by atoms with Gasteiger partial charge in [-0.05, 0) is 44.4 Å². The maximum absolute atomic E-state index is 13.7. The molecule has 3 rings (SSSR count). The summed E-state index contributed by atoms with van der Waals surface area (Å²) in [7, 11) is 0. The lowest BCUT2D eigenvalue weighted by Gasteiger charge is -2.32. The third kappa shape index (κ3) is 8.69. The number of carbonyl (C=O) groups excluding carboxylic acids is 2. The molecule has 0 aromatic heterocycles. The molecule has 0 radical (unpaired) electrons. The number of hydrogen-bond donors (Lipinski definition) is 0. The lowest BCUT2D eigenvalue weighted by molar-refractivity contribution is -0.160. The lowest BCUT2D eigenvalue weighted by atomic mass is 10.1. The van der Waals surface area contributed by atoms with Gasteiger partial charge in [-0.1, -0.05) is 91.0 Å². The van der Waals surface area contributed by atoms with Gasteiger partial charge in [-0.3, -0.25) is 14.5 Å². The molecule has 0 saturated heterocycles. The summed E-state index contributed by atoms with van der Waals surface area (Å²) in [5.74, 6) is -0.523. The molecule has 0 spiro atoms. The van der Waals surface area contributed by atoms with Gasteiger partial charge in [0.15, 0.2) is 0 Å². The van der Waals surface area contributed by atoms with E-state index in [-0.39, 0.29) is 25.0 Å². The molecule has 0 aliphatic rings. The van der Waals surface area contributed by atoms with Gasteiger partial charge in [-0.15, -0.1) is 0 Å². The van der Waals surface area contributed by atoms with Gasteiger partial charge in [0.25, 0.3) is 0 Å². The molecule has 0 aliphatic heterocycles. The first kappa shape index (κ1) is 26.2. The first-order valence-electron chi connectivity index (χ1n) is 12.1. The molecule has 3 aromatic carbocycles. The number of nitrogens with zero attached hydrogens (tertiary/aromatic N) is 2. The summed E-state index contributed by atoms with van der Waals surface area (Å²) in [6.45, 7) is 8.79. The fraction of sp³-hybridized carbons (Fsp3) is 0.333. The van der Waals surface area contributed by atoms with Crippen molar-refractivity contribution in [2.45, 2.75) is 52.4 Å². The molecule has 1 atom stereocenters. The largest absolute Gasteiger partial charge is 0.459 e. The van der Waals surface area contributed by atoms with Crippen molar-refractivity contribution in [1.29, 1.82) is 0 Å². The van der Waals surface area contributed by atoms with Gasteiger partial charge in [-0.25, -0.2) is 0 Å². The van der Waals surface area contributed by atoms with Gasteiger partial charge in [0.1, 0.15) is 12.1 Å². The first-order valence-corrected chi connectivity index (χ1v) is 12.1. The highest BCUT2D eigenvalue weighted by Crippen LogP contribution is 2.22. The van der Waals surface area contributed by atoms with E-state index in [4.69, 9.17) is 4.74 Å². The average Bonchev–Trinajstić information content (AvgIpc) is 2.83.